The number of carboxylic acids is 1. The maximum absolute atomic E-state index is 12.6. The lowest BCUT2D eigenvalue weighted by Crippen LogP contribution is -2.51. The Morgan fingerprint density at radius 2 is 1.90 bits per heavy atom. The molecule has 0 aromatic carbocycles. The highest BCUT2D eigenvalue weighted by molar-refractivity contribution is 8.00. The van der Waals surface area contributed by atoms with Gasteiger partial charge in [0.2, 0.25) is 0 Å². The van der Waals surface area contributed by atoms with Crippen molar-refractivity contribution in [3.63, 3.8) is 0 Å². The maximum atomic E-state index is 12.6. The Balaban J connectivity index is 1.99. The standard InChI is InChI=1S/C12H22N2O4S2/c1-2-11-9-14(7-8-19-11)20(17,18)13-5-3-10(4-6-13)12(15)16/h10-11H,2-9H2,1H3,(H,15,16). The van der Waals surface area contributed by atoms with Crippen molar-refractivity contribution >= 4 is 27.9 Å². The minimum absolute atomic E-state index is 0.319. The summed E-state index contributed by atoms with van der Waals surface area (Å²) in [4.78, 5) is 10.9. The first-order chi connectivity index (χ1) is 9.45. The Morgan fingerprint density at radius 3 is 2.45 bits per heavy atom. The van der Waals surface area contributed by atoms with Gasteiger partial charge in [0.15, 0.2) is 0 Å². The molecule has 2 saturated heterocycles. The van der Waals surface area contributed by atoms with E-state index < -0.39 is 22.1 Å². The highest BCUT2D eigenvalue weighted by atomic mass is 32.2. The predicted octanol–water partition coefficient (Wildman–Crippen LogP) is 0.855. The fourth-order valence-electron chi connectivity index (χ4n) is 2.65. The molecule has 0 aromatic rings. The van der Waals surface area contributed by atoms with E-state index in [0.29, 0.717) is 44.3 Å². The molecule has 0 aromatic heterocycles. The van der Waals surface area contributed by atoms with Gasteiger partial charge in [-0.25, -0.2) is 0 Å². The first kappa shape index (κ1) is 16.1. The van der Waals surface area contributed by atoms with E-state index in [-0.39, 0.29) is 0 Å². The summed E-state index contributed by atoms with van der Waals surface area (Å²) >= 11 is 1.83. The van der Waals surface area contributed by atoms with Crippen molar-refractivity contribution in [1.29, 1.82) is 0 Å². The highest BCUT2D eigenvalue weighted by Crippen LogP contribution is 2.26. The van der Waals surface area contributed by atoms with Gasteiger partial charge in [-0.1, -0.05) is 6.92 Å². The zero-order valence-corrected chi connectivity index (χ0v) is 13.3. The molecule has 0 aliphatic carbocycles. The van der Waals surface area contributed by atoms with Crippen LogP contribution in [0.3, 0.4) is 0 Å². The third kappa shape index (κ3) is 3.47. The monoisotopic (exact) mass is 322 g/mol. The molecular formula is C12H22N2O4S2. The van der Waals surface area contributed by atoms with Crippen LogP contribution < -0.4 is 0 Å². The molecule has 20 heavy (non-hydrogen) atoms. The Kier molecular flexibility index (Phi) is 5.33. The topological polar surface area (TPSA) is 77.9 Å². The second-order valence-electron chi connectivity index (χ2n) is 5.28. The van der Waals surface area contributed by atoms with Gasteiger partial charge in [-0.3, -0.25) is 4.79 Å². The molecule has 2 aliphatic heterocycles. The zero-order chi connectivity index (χ0) is 14.8. The average molecular weight is 322 g/mol. The van der Waals surface area contributed by atoms with Crippen molar-refractivity contribution in [3.8, 4) is 0 Å². The van der Waals surface area contributed by atoms with E-state index >= 15 is 0 Å². The summed E-state index contributed by atoms with van der Waals surface area (Å²) in [5.74, 6) is -0.382. The van der Waals surface area contributed by atoms with E-state index in [1.54, 1.807) is 4.31 Å². The van der Waals surface area contributed by atoms with Crippen LogP contribution in [0.2, 0.25) is 0 Å². The average Bonchev–Trinajstić information content (AvgIpc) is 2.47. The van der Waals surface area contributed by atoms with E-state index in [1.165, 1.54) is 4.31 Å². The molecule has 0 amide bonds. The van der Waals surface area contributed by atoms with E-state index in [0.717, 1.165) is 12.2 Å². The summed E-state index contributed by atoms with van der Waals surface area (Å²) in [5, 5.41) is 9.33. The molecule has 0 bridgehead atoms. The van der Waals surface area contributed by atoms with Crippen LogP contribution in [-0.2, 0) is 15.0 Å². The number of carbonyl (C=O) groups is 1. The molecule has 0 saturated carbocycles. The number of piperidine rings is 1. The summed E-state index contributed by atoms with van der Waals surface area (Å²) < 4.78 is 28.2. The minimum atomic E-state index is -3.42. The van der Waals surface area contributed by atoms with Crippen LogP contribution in [0.25, 0.3) is 0 Å². The molecule has 1 N–H and O–H groups in total. The SMILES string of the molecule is CCC1CN(S(=O)(=O)N2CCC(C(=O)O)CC2)CCS1. The normalized spacial score (nSPS) is 27.6. The van der Waals surface area contributed by atoms with Gasteiger partial charge in [-0.05, 0) is 19.3 Å². The van der Waals surface area contributed by atoms with Crippen molar-refractivity contribution in [3.05, 3.63) is 0 Å². The molecule has 1 unspecified atom stereocenters. The van der Waals surface area contributed by atoms with Crippen molar-refractivity contribution < 1.29 is 18.3 Å². The fourth-order valence-corrected chi connectivity index (χ4v) is 5.72. The Bertz CT molecular complexity index is 446. The maximum Gasteiger partial charge on any atom is 0.306 e. The van der Waals surface area contributed by atoms with Gasteiger partial charge in [0.1, 0.15) is 0 Å². The smallest absolute Gasteiger partial charge is 0.306 e. The van der Waals surface area contributed by atoms with E-state index in [4.69, 9.17) is 5.11 Å². The number of thioether (sulfide) groups is 1. The van der Waals surface area contributed by atoms with E-state index in [9.17, 15) is 13.2 Å². The number of hydrogen-bond donors (Lipinski definition) is 1. The molecule has 2 fully saturated rings. The summed E-state index contributed by atoms with van der Waals surface area (Å²) in [6, 6.07) is 0. The fraction of sp³-hybridized carbons (Fsp3) is 0.917. The Hall–Kier alpha value is -0.310. The summed E-state index contributed by atoms with van der Waals surface area (Å²) in [6.45, 7) is 3.84. The van der Waals surface area contributed by atoms with Gasteiger partial charge in [0.25, 0.3) is 10.2 Å². The van der Waals surface area contributed by atoms with Gasteiger partial charge in [0.05, 0.1) is 5.92 Å². The molecule has 0 spiro atoms. The predicted molar refractivity (Wildman–Crippen MR) is 79.0 cm³/mol. The van der Waals surface area contributed by atoms with Crippen molar-refractivity contribution in [2.24, 2.45) is 5.92 Å². The van der Waals surface area contributed by atoms with Crippen LogP contribution in [0.1, 0.15) is 26.2 Å². The lowest BCUT2D eigenvalue weighted by Gasteiger charge is -2.37. The lowest BCUT2D eigenvalue weighted by molar-refractivity contribution is -0.142. The van der Waals surface area contributed by atoms with Gasteiger partial charge in [0, 0.05) is 37.2 Å². The second-order valence-corrected chi connectivity index (χ2v) is 8.62. The Morgan fingerprint density at radius 1 is 1.25 bits per heavy atom. The third-order valence-electron chi connectivity index (χ3n) is 4.01. The second kappa shape index (κ2) is 6.64. The van der Waals surface area contributed by atoms with Crippen LogP contribution in [-0.4, -0.2) is 65.3 Å². The summed E-state index contributed by atoms with van der Waals surface area (Å²) in [5.41, 5.74) is 0. The number of aliphatic carboxylic acids is 1. The third-order valence-corrected chi connectivity index (χ3v) is 7.39. The van der Waals surface area contributed by atoms with E-state index in [2.05, 4.69) is 6.92 Å². The number of carboxylic acid groups (broad SMARTS) is 1. The zero-order valence-electron chi connectivity index (χ0n) is 11.7. The van der Waals surface area contributed by atoms with Crippen molar-refractivity contribution in [1.82, 2.24) is 8.61 Å². The highest BCUT2D eigenvalue weighted by Gasteiger charge is 2.36. The number of rotatable bonds is 4. The van der Waals surface area contributed by atoms with E-state index in [1.807, 2.05) is 11.8 Å². The van der Waals surface area contributed by atoms with Crippen LogP contribution in [0.4, 0.5) is 0 Å². The molecule has 2 aliphatic rings. The number of nitrogens with zero attached hydrogens (tertiary/aromatic N) is 2. The molecule has 2 heterocycles. The van der Waals surface area contributed by atoms with Crippen LogP contribution in [0.15, 0.2) is 0 Å². The molecule has 8 heteroatoms. The van der Waals surface area contributed by atoms with Crippen LogP contribution in [0.5, 0.6) is 0 Å². The molecule has 116 valence electrons. The number of hydrogen-bond acceptors (Lipinski definition) is 4. The summed E-state index contributed by atoms with van der Waals surface area (Å²) in [7, 11) is -3.42. The van der Waals surface area contributed by atoms with Crippen LogP contribution >= 0.6 is 11.8 Å². The quantitative estimate of drug-likeness (QED) is 0.830. The molecule has 0 radical (unpaired) electrons. The minimum Gasteiger partial charge on any atom is -0.481 e. The summed E-state index contributed by atoms with van der Waals surface area (Å²) in [6.07, 6.45) is 1.79. The van der Waals surface area contributed by atoms with Crippen molar-refractivity contribution in [2.75, 3.05) is 31.9 Å². The van der Waals surface area contributed by atoms with Gasteiger partial charge in [-0.2, -0.15) is 28.8 Å². The van der Waals surface area contributed by atoms with Gasteiger partial charge >= 0.3 is 5.97 Å². The molecule has 2 rings (SSSR count). The molecule has 1 atom stereocenters. The van der Waals surface area contributed by atoms with Crippen LogP contribution in [0, 0.1) is 5.92 Å². The molecule has 6 nitrogen and oxygen atoms in total. The first-order valence-corrected chi connectivity index (χ1v) is 9.49. The molecular weight excluding hydrogens is 300 g/mol. The lowest BCUT2D eigenvalue weighted by atomic mass is 9.99. The van der Waals surface area contributed by atoms with Gasteiger partial charge in [-0.15, -0.1) is 0 Å². The Labute approximate surface area is 124 Å². The van der Waals surface area contributed by atoms with Crippen molar-refractivity contribution in [2.45, 2.75) is 31.4 Å². The largest absolute Gasteiger partial charge is 0.481 e. The van der Waals surface area contributed by atoms with Gasteiger partial charge < -0.3 is 5.11 Å². The first-order valence-electron chi connectivity index (χ1n) is 7.04.